The molecule has 0 radical (unpaired) electrons. The summed E-state index contributed by atoms with van der Waals surface area (Å²) in [7, 11) is 1.24. The lowest BCUT2D eigenvalue weighted by molar-refractivity contribution is -0.151. The van der Waals surface area contributed by atoms with E-state index in [1.807, 2.05) is 0 Å². The number of methoxy groups -OCH3 is 1. The van der Waals surface area contributed by atoms with Gasteiger partial charge in [0.2, 0.25) is 5.91 Å². The second-order valence-corrected chi connectivity index (χ2v) is 7.14. The van der Waals surface area contributed by atoms with E-state index in [0.717, 1.165) is 12.1 Å². The summed E-state index contributed by atoms with van der Waals surface area (Å²) in [6.07, 6.45) is -4.82. The van der Waals surface area contributed by atoms with Crippen molar-refractivity contribution >= 4 is 35.1 Å². The van der Waals surface area contributed by atoms with Gasteiger partial charge in [-0.2, -0.15) is 13.2 Å². The summed E-state index contributed by atoms with van der Waals surface area (Å²) < 4.78 is 48.6. The Morgan fingerprint density at radius 3 is 2.39 bits per heavy atom. The van der Waals surface area contributed by atoms with Crippen molar-refractivity contribution < 1.29 is 41.8 Å². The Morgan fingerprint density at radius 2 is 1.76 bits per heavy atom. The van der Waals surface area contributed by atoms with E-state index in [9.17, 15) is 32.3 Å². The van der Waals surface area contributed by atoms with Crippen molar-refractivity contribution in [2.75, 3.05) is 30.5 Å². The zero-order chi connectivity index (χ0) is 24.2. The molecule has 1 aliphatic rings. The summed E-state index contributed by atoms with van der Waals surface area (Å²) in [6, 6.07) is 10.4. The van der Waals surface area contributed by atoms with Crippen LogP contribution in [-0.4, -0.2) is 44.0 Å². The van der Waals surface area contributed by atoms with E-state index in [1.54, 1.807) is 0 Å². The molecule has 2 aromatic carbocycles. The zero-order valence-corrected chi connectivity index (χ0v) is 17.3. The minimum absolute atomic E-state index is 0.00619. The number of para-hydroxylation sites is 1. The van der Waals surface area contributed by atoms with Crippen molar-refractivity contribution in [1.29, 1.82) is 0 Å². The molecule has 0 bridgehead atoms. The number of carbonyl (C=O) groups excluding carboxylic acids is 4. The van der Waals surface area contributed by atoms with Gasteiger partial charge < -0.3 is 19.7 Å². The molecule has 8 nitrogen and oxygen atoms in total. The molecule has 11 heteroatoms. The first-order chi connectivity index (χ1) is 15.6. The van der Waals surface area contributed by atoms with Gasteiger partial charge in [0.25, 0.3) is 5.91 Å². The number of hydrogen-bond donors (Lipinski definition) is 1. The summed E-state index contributed by atoms with van der Waals surface area (Å²) in [5.74, 6) is -3.51. The predicted octanol–water partition coefficient (Wildman–Crippen LogP) is 3.03. The number of alkyl halides is 3. The molecular weight excluding hydrogens is 445 g/mol. The number of carbonyl (C=O) groups is 4. The minimum atomic E-state index is -4.66. The third kappa shape index (κ3) is 5.68. The van der Waals surface area contributed by atoms with Crippen molar-refractivity contribution in [3.05, 3.63) is 59.7 Å². The monoisotopic (exact) mass is 464 g/mol. The van der Waals surface area contributed by atoms with Gasteiger partial charge in [0.05, 0.1) is 29.8 Å². The van der Waals surface area contributed by atoms with Crippen LogP contribution in [0.4, 0.5) is 24.5 Å². The van der Waals surface area contributed by atoms with E-state index in [2.05, 4.69) is 10.1 Å². The Bertz CT molecular complexity index is 1070. The fourth-order valence-corrected chi connectivity index (χ4v) is 3.29. The number of hydrogen-bond acceptors (Lipinski definition) is 6. The van der Waals surface area contributed by atoms with Crippen molar-refractivity contribution in [2.45, 2.75) is 12.6 Å². The van der Waals surface area contributed by atoms with Crippen LogP contribution in [0, 0.1) is 5.92 Å². The van der Waals surface area contributed by atoms with Gasteiger partial charge in [-0.1, -0.05) is 12.1 Å². The molecule has 3 rings (SSSR count). The van der Waals surface area contributed by atoms with E-state index in [1.165, 1.54) is 48.4 Å². The Labute approximate surface area is 186 Å². The Balaban J connectivity index is 1.56. The molecule has 2 aromatic rings. The Morgan fingerprint density at radius 1 is 1.09 bits per heavy atom. The molecule has 0 aromatic heterocycles. The lowest BCUT2D eigenvalue weighted by Crippen LogP contribution is -2.28. The quantitative estimate of drug-likeness (QED) is 0.660. The maximum absolute atomic E-state index is 13.0. The molecule has 0 aliphatic carbocycles. The van der Waals surface area contributed by atoms with E-state index >= 15 is 0 Å². The predicted molar refractivity (Wildman–Crippen MR) is 109 cm³/mol. The highest BCUT2D eigenvalue weighted by molar-refractivity contribution is 6.00. The summed E-state index contributed by atoms with van der Waals surface area (Å²) in [5.41, 5.74) is -0.727. The van der Waals surface area contributed by atoms with Crippen molar-refractivity contribution in [3.63, 3.8) is 0 Å². The maximum atomic E-state index is 13.0. The summed E-state index contributed by atoms with van der Waals surface area (Å²) >= 11 is 0. The third-order valence-electron chi connectivity index (χ3n) is 4.91. The van der Waals surface area contributed by atoms with Gasteiger partial charge in [-0.3, -0.25) is 14.4 Å². The number of benzene rings is 2. The van der Waals surface area contributed by atoms with Gasteiger partial charge in [-0.25, -0.2) is 4.79 Å². The smallest absolute Gasteiger partial charge is 0.418 e. The van der Waals surface area contributed by atoms with Crippen LogP contribution in [-0.2, 0) is 30.0 Å². The first-order valence-corrected chi connectivity index (χ1v) is 9.71. The van der Waals surface area contributed by atoms with E-state index in [-0.39, 0.29) is 18.9 Å². The number of amides is 2. The van der Waals surface area contributed by atoms with Crippen LogP contribution < -0.4 is 10.2 Å². The molecule has 1 heterocycles. The zero-order valence-electron chi connectivity index (χ0n) is 17.3. The van der Waals surface area contributed by atoms with Crippen LogP contribution in [0.2, 0.25) is 0 Å². The van der Waals surface area contributed by atoms with E-state index < -0.39 is 47.8 Å². The van der Waals surface area contributed by atoms with Gasteiger partial charge in [0.1, 0.15) is 0 Å². The molecule has 0 saturated carbocycles. The van der Waals surface area contributed by atoms with E-state index in [0.29, 0.717) is 11.3 Å². The van der Waals surface area contributed by atoms with Gasteiger partial charge in [0, 0.05) is 18.7 Å². The molecule has 1 fully saturated rings. The van der Waals surface area contributed by atoms with Crippen molar-refractivity contribution in [2.24, 2.45) is 5.92 Å². The normalized spacial score (nSPS) is 15.8. The maximum Gasteiger partial charge on any atom is 0.418 e. The molecule has 174 valence electrons. The van der Waals surface area contributed by atoms with Gasteiger partial charge >= 0.3 is 18.1 Å². The standard InChI is InChI=1S/C22H19F3N2O6/c1-32-20(30)13-6-8-15(9-7-13)27-11-14(10-19(27)29)21(31)33-12-18(28)26-17-5-3-2-4-16(17)22(23,24)25/h2-9,14H,10-12H2,1H3,(H,26,28)/t14-/m0/s1. The largest absolute Gasteiger partial charge is 0.465 e. The van der Waals surface area contributed by atoms with Crippen molar-refractivity contribution in [3.8, 4) is 0 Å². The second-order valence-electron chi connectivity index (χ2n) is 7.14. The molecular formula is C22H19F3N2O6. The van der Waals surface area contributed by atoms with Crippen molar-refractivity contribution in [1.82, 2.24) is 0 Å². The number of halogens is 3. The Kier molecular flexibility index (Phi) is 7.00. The summed E-state index contributed by atoms with van der Waals surface area (Å²) in [4.78, 5) is 49.5. The number of esters is 2. The number of nitrogens with one attached hydrogen (secondary N) is 1. The molecule has 0 spiro atoms. The summed E-state index contributed by atoms with van der Waals surface area (Å²) in [6.45, 7) is -0.808. The molecule has 1 atom stereocenters. The van der Waals surface area contributed by atoms with Crippen LogP contribution >= 0.6 is 0 Å². The van der Waals surface area contributed by atoms with Gasteiger partial charge in [-0.15, -0.1) is 0 Å². The van der Waals surface area contributed by atoms with Crippen LogP contribution in [0.3, 0.4) is 0 Å². The Hall–Kier alpha value is -3.89. The van der Waals surface area contributed by atoms with Gasteiger partial charge in [-0.05, 0) is 36.4 Å². The van der Waals surface area contributed by atoms with Crippen LogP contribution in [0.5, 0.6) is 0 Å². The minimum Gasteiger partial charge on any atom is -0.465 e. The lowest BCUT2D eigenvalue weighted by Gasteiger charge is -2.17. The fraction of sp³-hybridized carbons (Fsp3) is 0.273. The van der Waals surface area contributed by atoms with Gasteiger partial charge in [0.15, 0.2) is 6.61 Å². The van der Waals surface area contributed by atoms with E-state index in [4.69, 9.17) is 4.74 Å². The molecule has 33 heavy (non-hydrogen) atoms. The number of nitrogens with zero attached hydrogens (tertiary/aromatic N) is 1. The second kappa shape index (κ2) is 9.72. The fourth-order valence-electron chi connectivity index (χ4n) is 3.29. The molecule has 1 saturated heterocycles. The highest BCUT2D eigenvalue weighted by atomic mass is 19.4. The molecule has 2 amide bonds. The number of ether oxygens (including phenoxy) is 2. The average Bonchev–Trinajstić information content (AvgIpc) is 3.18. The van der Waals surface area contributed by atoms with Crippen LogP contribution in [0.1, 0.15) is 22.3 Å². The highest BCUT2D eigenvalue weighted by Crippen LogP contribution is 2.34. The first kappa shape index (κ1) is 23.8. The average molecular weight is 464 g/mol. The third-order valence-corrected chi connectivity index (χ3v) is 4.91. The van der Waals surface area contributed by atoms with Crippen LogP contribution in [0.25, 0.3) is 0 Å². The first-order valence-electron chi connectivity index (χ1n) is 9.71. The topological polar surface area (TPSA) is 102 Å². The number of anilines is 2. The highest BCUT2D eigenvalue weighted by Gasteiger charge is 2.37. The SMILES string of the molecule is COC(=O)c1ccc(N2C[C@@H](C(=O)OCC(=O)Nc3ccccc3C(F)(F)F)CC2=O)cc1. The summed E-state index contributed by atoms with van der Waals surface area (Å²) in [5, 5.41) is 2.07. The molecule has 1 aliphatic heterocycles. The van der Waals surface area contributed by atoms with Crippen LogP contribution in [0.15, 0.2) is 48.5 Å². The number of rotatable bonds is 6. The molecule has 1 N–H and O–H groups in total. The lowest BCUT2D eigenvalue weighted by atomic mass is 10.1. The molecule has 0 unspecified atom stereocenters.